The minimum Gasteiger partial charge on any atom is -0.497 e. The Hall–Kier alpha value is -2.64. The van der Waals surface area contributed by atoms with Gasteiger partial charge in [0.2, 0.25) is 0 Å². The number of halogens is 1. The number of nitrogens with zero attached hydrogens (tertiary/aromatic N) is 2. The van der Waals surface area contributed by atoms with Crippen molar-refractivity contribution in [3.8, 4) is 11.5 Å². The number of carbonyl (C=O) groups excluding carboxylic acids is 1. The summed E-state index contributed by atoms with van der Waals surface area (Å²) in [5.41, 5.74) is 1.82. The molecule has 0 aromatic heterocycles. The standard InChI is InChI=1S/C21H27ClN4O3/c1-28-19-13-17(14-20(15-19)29-2)24-21(27)23-7-8-25-9-11-26(12-10-25)18-5-3-16(22)4-6-18/h3-6,13-15H,7-12H2,1-2H3,(H2,23,24,27). The topological polar surface area (TPSA) is 66.1 Å². The molecule has 0 spiro atoms. The number of urea groups is 1. The molecule has 2 N–H and O–H groups in total. The van der Waals surface area contributed by atoms with Crippen molar-refractivity contribution in [2.45, 2.75) is 0 Å². The van der Waals surface area contributed by atoms with Gasteiger partial charge in [-0.15, -0.1) is 0 Å². The van der Waals surface area contributed by atoms with E-state index < -0.39 is 0 Å². The molecule has 0 atom stereocenters. The van der Waals surface area contributed by atoms with Gasteiger partial charge in [0, 0.05) is 73.9 Å². The number of amides is 2. The number of piperazine rings is 1. The average molecular weight is 419 g/mol. The van der Waals surface area contributed by atoms with Crippen LogP contribution in [0.1, 0.15) is 0 Å². The molecule has 0 aliphatic carbocycles. The van der Waals surface area contributed by atoms with Crippen molar-refractivity contribution in [1.82, 2.24) is 10.2 Å². The molecule has 2 aromatic carbocycles. The number of carbonyl (C=O) groups is 1. The van der Waals surface area contributed by atoms with Crippen molar-refractivity contribution in [1.29, 1.82) is 0 Å². The number of rotatable bonds is 7. The summed E-state index contributed by atoms with van der Waals surface area (Å²) in [4.78, 5) is 16.9. The number of anilines is 2. The van der Waals surface area contributed by atoms with Crippen LogP contribution in [0.2, 0.25) is 5.02 Å². The molecule has 156 valence electrons. The number of ether oxygens (including phenoxy) is 2. The van der Waals surface area contributed by atoms with Crippen LogP contribution >= 0.6 is 11.6 Å². The Morgan fingerprint density at radius 2 is 1.62 bits per heavy atom. The molecule has 0 unspecified atom stereocenters. The third-order valence-corrected chi connectivity index (χ3v) is 5.14. The maximum Gasteiger partial charge on any atom is 0.319 e. The molecule has 2 aromatic rings. The lowest BCUT2D eigenvalue weighted by Crippen LogP contribution is -2.48. The monoisotopic (exact) mass is 418 g/mol. The molecule has 29 heavy (non-hydrogen) atoms. The molecule has 1 heterocycles. The van der Waals surface area contributed by atoms with Gasteiger partial charge >= 0.3 is 6.03 Å². The van der Waals surface area contributed by atoms with Crippen molar-refractivity contribution in [3.63, 3.8) is 0 Å². The first-order valence-electron chi connectivity index (χ1n) is 9.58. The second kappa shape index (κ2) is 10.2. The summed E-state index contributed by atoms with van der Waals surface area (Å²) in [6, 6.07) is 12.9. The number of hydrogen-bond donors (Lipinski definition) is 2. The fraction of sp³-hybridized carbons (Fsp3) is 0.381. The third kappa shape index (κ3) is 6.17. The van der Waals surface area contributed by atoms with E-state index in [1.807, 2.05) is 12.1 Å². The number of nitrogens with one attached hydrogen (secondary N) is 2. The molecule has 1 fully saturated rings. The highest BCUT2D eigenvalue weighted by molar-refractivity contribution is 6.30. The lowest BCUT2D eigenvalue weighted by molar-refractivity contribution is 0.240. The first-order chi connectivity index (χ1) is 14.1. The highest BCUT2D eigenvalue weighted by atomic mass is 35.5. The molecule has 2 amide bonds. The maximum atomic E-state index is 12.2. The van der Waals surface area contributed by atoms with Gasteiger partial charge < -0.3 is 25.0 Å². The van der Waals surface area contributed by atoms with Gasteiger partial charge in [-0.2, -0.15) is 0 Å². The van der Waals surface area contributed by atoms with Gasteiger partial charge in [-0.3, -0.25) is 4.90 Å². The quantitative estimate of drug-likeness (QED) is 0.722. The zero-order valence-corrected chi connectivity index (χ0v) is 17.5. The van der Waals surface area contributed by atoms with E-state index in [9.17, 15) is 4.79 Å². The van der Waals surface area contributed by atoms with Crippen LogP contribution in [0.5, 0.6) is 11.5 Å². The SMILES string of the molecule is COc1cc(NC(=O)NCCN2CCN(c3ccc(Cl)cc3)CC2)cc(OC)c1. The molecule has 0 bridgehead atoms. The summed E-state index contributed by atoms with van der Waals surface area (Å²) in [5.74, 6) is 1.25. The normalized spacial score (nSPS) is 14.4. The molecule has 0 radical (unpaired) electrons. The van der Waals surface area contributed by atoms with E-state index in [2.05, 4.69) is 32.6 Å². The van der Waals surface area contributed by atoms with E-state index in [4.69, 9.17) is 21.1 Å². The summed E-state index contributed by atoms with van der Waals surface area (Å²) >= 11 is 5.96. The molecule has 1 aliphatic rings. The third-order valence-electron chi connectivity index (χ3n) is 4.89. The van der Waals surface area contributed by atoms with Crippen LogP contribution in [0.4, 0.5) is 16.2 Å². The summed E-state index contributed by atoms with van der Waals surface area (Å²) in [5, 5.41) is 6.47. The summed E-state index contributed by atoms with van der Waals surface area (Å²) in [6.45, 7) is 5.21. The Labute approximate surface area is 176 Å². The molecule has 3 rings (SSSR count). The van der Waals surface area contributed by atoms with Crippen molar-refractivity contribution < 1.29 is 14.3 Å². The van der Waals surface area contributed by atoms with Crippen molar-refractivity contribution in [2.75, 3.05) is 63.7 Å². The van der Waals surface area contributed by atoms with E-state index in [-0.39, 0.29) is 6.03 Å². The summed E-state index contributed by atoms with van der Waals surface area (Å²) < 4.78 is 10.4. The number of hydrogen-bond acceptors (Lipinski definition) is 5. The van der Waals surface area contributed by atoms with Crippen LogP contribution in [-0.2, 0) is 0 Å². The van der Waals surface area contributed by atoms with Crippen LogP contribution in [0.25, 0.3) is 0 Å². The largest absolute Gasteiger partial charge is 0.497 e. The number of methoxy groups -OCH3 is 2. The average Bonchev–Trinajstić information content (AvgIpc) is 2.74. The molecule has 8 heteroatoms. The van der Waals surface area contributed by atoms with Gasteiger partial charge in [0.15, 0.2) is 0 Å². The first kappa shape index (κ1) is 21.1. The first-order valence-corrected chi connectivity index (χ1v) is 9.96. The summed E-state index contributed by atoms with van der Waals surface area (Å²) in [7, 11) is 3.15. The van der Waals surface area contributed by atoms with Crippen LogP contribution in [0.15, 0.2) is 42.5 Å². The van der Waals surface area contributed by atoms with Gasteiger partial charge in [0.1, 0.15) is 11.5 Å². The lowest BCUT2D eigenvalue weighted by atomic mass is 10.2. The molecule has 1 aliphatic heterocycles. The predicted octanol–water partition coefficient (Wildman–Crippen LogP) is 3.30. The predicted molar refractivity (Wildman–Crippen MR) is 117 cm³/mol. The zero-order valence-electron chi connectivity index (χ0n) is 16.8. The Morgan fingerprint density at radius 3 is 2.21 bits per heavy atom. The van der Waals surface area contributed by atoms with E-state index in [0.29, 0.717) is 23.7 Å². The van der Waals surface area contributed by atoms with Crippen LogP contribution in [-0.4, -0.2) is 64.4 Å². The van der Waals surface area contributed by atoms with Crippen LogP contribution in [0.3, 0.4) is 0 Å². The second-order valence-corrected chi connectivity index (χ2v) is 7.22. The molecule has 1 saturated heterocycles. The Morgan fingerprint density at radius 1 is 1.00 bits per heavy atom. The smallest absolute Gasteiger partial charge is 0.319 e. The van der Waals surface area contributed by atoms with Gasteiger partial charge in [0.05, 0.1) is 14.2 Å². The van der Waals surface area contributed by atoms with Crippen molar-refractivity contribution in [3.05, 3.63) is 47.5 Å². The van der Waals surface area contributed by atoms with Gasteiger partial charge in [0.25, 0.3) is 0 Å². The van der Waals surface area contributed by atoms with Crippen molar-refractivity contribution in [2.24, 2.45) is 0 Å². The minimum absolute atomic E-state index is 0.250. The van der Waals surface area contributed by atoms with E-state index in [1.165, 1.54) is 5.69 Å². The molecular weight excluding hydrogens is 392 g/mol. The van der Waals surface area contributed by atoms with Gasteiger partial charge in [-0.1, -0.05) is 11.6 Å². The van der Waals surface area contributed by atoms with Crippen molar-refractivity contribution >= 4 is 29.0 Å². The fourth-order valence-corrected chi connectivity index (χ4v) is 3.39. The number of benzene rings is 2. The highest BCUT2D eigenvalue weighted by Crippen LogP contribution is 2.25. The molecular formula is C21H27ClN4O3. The van der Waals surface area contributed by atoms with Crippen LogP contribution in [0, 0.1) is 0 Å². The minimum atomic E-state index is -0.250. The van der Waals surface area contributed by atoms with Crippen LogP contribution < -0.4 is 25.0 Å². The Balaban J connectivity index is 1.39. The lowest BCUT2D eigenvalue weighted by Gasteiger charge is -2.36. The molecule has 0 saturated carbocycles. The van der Waals surface area contributed by atoms with E-state index in [1.54, 1.807) is 32.4 Å². The van der Waals surface area contributed by atoms with E-state index in [0.717, 1.165) is 37.7 Å². The highest BCUT2D eigenvalue weighted by Gasteiger charge is 2.17. The zero-order chi connectivity index (χ0) is 20.6. The second-order valence-electron chi connectivity index (χ2n) is 6.79. The van der Waals surface area contributed by atoms with Gasteiger partial charge in [-0.05, 0) is 24.3 Å². The van der Waals surface area contributed by atoms with E-state index >= 15 is 0 Å². The Kier molecular flexibility index (Phi) is 7.43. The van der Waals surface area contributed by atoms with Gasteiger partial charge in [-0.25, -0.2) is 4.79 Å². The fourth-order valence-electron chi connectivity index (χ4n) is 3.26. The molecule has 7 nitrogen and oxygen atoms in total. The summed E-state index contributed by atoms with van der Waals surface area (Å²) in [6.07, 6.45) is 0. The maximum absolute atomic E-state index is 12.2. The Bertz CT molecular complexity index is 786.